The number of carbonyl (C=O) groups excluding carboxylic acids is 2. The van der Waals surface area contributed by atoms with E-state index in [2.05, 4.69) is 4.98 Å². The average molecular weight is 381 g/mol. The van der Waals surface area contributed by atoms with Crippen LogP contribution in [-0.4, -0.2) is 23.0 Å². The topological polar surface area (TPSA) is 59.5 Å². The number of aromatic nitrogens is 1. The van der Waals surface area contributed by atoms with Crippen molar-refractivity contribution in [2.24, 2.45) is 0 Å². The Labute approximate surface area is 156 Å². The second-order valence-electron chi connectivity index (χ2n) is 6.36. The summed E-state index contributed by atoms with van der Waals surface area (Å²) in [5.41, 5.74) is 0.427. The molecule has 0 saturated carbocycles. The number of amides is 1. The summed E-state index contributed by atoms with van der Waals surface area (Å²) in [5, 5.41) is 0.626. The van der Waals surface area contributed by atoms with Crippen molar-refractivity contribution in [2.75, 3.05) is 4.90 Å². The third-order valence-electron chi connectivity index (χ3n) is 3.13. The number of ether oxygens (including phenoxy) is 1. The predicted molar refractivity (Wildman–Crippen MR) is 98.5 cm³/mol. The lowest BCUT2D eigenvalue weighted by molar-refractivity contribution is 0.0576. The van der Waals surface area contributed by atoms with E-state index in [9.17, 15) is 9.59 Å². The number of pyridine rings is 1. The fourth-order valence-electron chi connectivity index (χ4n) is 2.00. The highest BCUT2D eigenvalue weighted by Crippen LogP contribution is 2.23. The van der Waals surface area contributed by atoms with Gasteiger partial charge in [-0.2, -0.15) is 0 Å². The Balaban J connectivity index is 2.37. The monoisotopic (exact) mass is 380 g/mol. The van der Waals surface area contributed by atoms with Crippen LogP contribution in [0.25, 0.3) is 0 Å². The van der Waals surface area contributed by atoms with Gasteiger partial charge in [0.2, 0.25) is 0 Å². The molecule has 1 heterocycles. The third kappa shape index (κ3) is 5.44. The van der Waals surface area contributed by atoms with Crippen molar-refractivity contribution < 1.29 is 14.3 Å². The molecule has 1 aromatic heterocycles. The van der Waals surface area contributed by atoms with E-state index < -0.39 is 11.7 Å². The minimum Gasteiger partial charge on any atom is -0.443 e. The number of carbonyl (C=O) groups is 2. The zero-order chi connectivity index (χ0) is 18.6. The largest absolute Gasteiger partial charge is 0.443 e. The Hall–Kier alpha value is -2.11. The number of nitrogens with zero attached hydrogens (tertiary/aromatic N) is 2. The standard InChI is InChI=1S/C18H18Cl2N2O3/c1-18(2,3)25-17(24)22(10-12-4-7-14(19)8-5-12)15-9-6-13(11-23)16(20)21-15/h4-9,11H,10H2,1-3H3. The van der Waals surface area contributed by atoms with Crippen LogP contribution in [0.4, 0.5) is 10.6 Å². The smallest absolute Gasteiger partial charge is 0.416 e. The molecule has 1 aromatic carbocycles. The van der Waals surface area contributed by atoms with Gasteiger partial charge in [0.1, 0.15) is 16.6 Å². The minimum atomic E-state index is -0.665. The number of benzene rings is 1. The quantitative estimate of drug-likeness (QED) is 0.543. The second kappa shape index (κ2) is 7.85. The molecule has 0 unspecified atom stereocenters. The fourth-order valence-corrected chi connectivity index (χ4v) is 2.32. The van der Waals surface area contributed by atoms with E-state index in [0.29, 0.717) is 17.1 Å². The Bertz CT molecular complexity index is 771. The Kier molecular flexibility index (Phi) is 6.03. The number of hydrogen-bond donors (Lipinski definition) is 0. The molecule has 1 amide bonds. The van der Waals surface area contributed by atoms with Gasteiger partial charge >= 0.3 is 6.09 Å². The lowest BCUT2D eigenvalue weighted by atomic mass is 10.2. The number of rotatable bonds is 4. The molecule has 2 rings (SSSR count). The van der Waals surface area contributed by atoms with E-state index in [4.69, 9.17) is 27.9 Å². The van der Waals surface area contributed by atoms with Crippen LogP contribution < -0.4 is 4.90 Å². The van der Waals surface area contributed by atoms with Crippen LogP contribution in [0.3, 0.4) is 0 Å². The van der Waals surface area contributed by atoms with Crippen molar-refractivity contribution in [1.82, 2.24) is 4.98 Å². The van der Waals surface area contributed by atoms with Gasteiger partial charge in [-0.25, -0.2) is 9.78 Å². The SMILES string of the molecule is CC(C)(C)OC(=O)N(Cc1ccc(Cl)cc1)c1ccc(C=O)c(Cl)n1. The maximum Gasteiger partial charge on any atom is 0.416 e. The van der Waals surface area contributed by atoms with Gasteiger partial charge in [0.05, 0.1) is 12.1 Å². The van der Waals surface area contributed by atoms with Gasteiger partial charge in [-0.3, -0.25) is 9.69 Å². The summed E-state index contributed by atoms with van der Waals surface area (Å²) in [4.78, 5) is 29.0. The van der Waals surface area contributed by atoms with Crippen molar-refractivity contribution >= 4 is 41.4 Å². The highest BCUT2D eigenvalue weighted by molar-refractivity contribution is 6.32. The minimum absolute atomic E-state index is 0.0252. The molecule has 0 spiro atoms. The van der Waals surface area contributed by atoms with Crippen LogP contribution >= 0.6 is 23.2 Å². The molecule has 0 atom stereocenters. The first-order chi connectivity index (χ1) is 11.7. The van der Waals surface area contributed by atoms with E-state index in [0.717, 1.165) is 5.56 Å². The molecule has 7 heteroatoms. The van der Waals surface area contributed by atoms with Gasteiger partial charge in [-0.15, -0.1) is 0 Å². The summed E-state index contributed by atoms with van der Waals surface area (Å²) in [6.45, 7) is 5.56. The number of aldehydes is 1. The van der Waals surface area contributed by atoms with Crippen LogP contribution in [0.15, 0.2) is 36.4 Å². The molecule has 0 aliphatic carbocycles. The third-order valence-corrected chi connectivity index (χ3v) is 3.69. The van der Waals surface area contributed by atoms with Crippen molar-refractivity contribution in [2.45, 2.75) is 32.9 Å². The average Bonchev–Trinajstić information content (AvgIpc) is 2.52. The van der Waals surface area contributed by atoms with Gasteiger partial charge in [0.15, 0.2) is 6.29 Å². The first kappa shape index (κ1) is 19.2. The summed E-state index contributed by atoms with van der Waals surface area (Å²) in [6, 6.07) is 10.1. The summed E-state index contributed by atoms with van der Waals surface area (Å²) >= 11 is 11.9. The first-order valence-electron chi connectivity index (χ1n) is 7.56. The zero-order valence-corrected chi connectivity index (χ0v) is 15.6. The van der Waals surface area contributed by atoms with Gasteiger partial charge in [-0.05, 0) is 50.6 Å². The summed E-state index contributed by atoms with van der Waals surface area (Å²) in [7, 11) is 0. The maximum atomic E-state index is 12.6. The van der Waals surface area contributed by atoms with Crippen molar-refractivity contribution in [3.8, 4) is 0 Å². The second-order valence-corrected chi connectivity index (χ2v) is 7.15. The van der Waals surface area contributed by atoms with Crippen molar-refractivity contribution in [3.05, 3.63) is 57.7 Å². The fraction of sp³-hybridized carbons (Fsp3) is 0.278. The van der Waals surface area contributed by atoms with Gasteiger partial charge in [0.25, 0.3) is 0 Å². The van der Waals surface area contributed by atoms with E-state index in [-0.39, 0.29) is 17.3 Å². The Morgan fingerprint density at radius 3 is 2.32 bits per heavy atom. The Morgan fingerprint density at radius 2 is 1.80 bits per heavy atom. The summed E-state index contributed by atoms with van der Waals surface area (Å²) < 4.78 is 5.45. The molecular weight excluding hydrogens is 363 g/mol. The number of hydrogen-bond acceptors (Lipinski definition) is 4. The van der Waals surface area contributed by atoms with Gasteiger partial charge in [-0.1, -0.05) is 35.3 Å². The predicted octanol–water partition coefficient (Wildman–Crippen LogP) is 5.14. The molecule has 132 valence electrons. The highest BCUT2D eigenvalue weighted by atomic mass is 35.5. The lowest BCUT2D eigenvalue weighted by Gasteiger charge is -2.27. The molecular formula is C18H18Cl2N2O3. The maximum absolute atomic E-state index is 12.6. The lowest BCUT2D eigenvalue weighted by Crippen LogP contribution is -2.37. The van der Waals surface area contributed by atoms with E-state index in [1.54, 1.807) is 51.1 Å². The van der Waals surface area contributed by atoms with Crippen LogP contribution in [0.5, 0.6) is 0 Å². The molecule has 25 heavy (non-hydrogen) atoms. The molecule has 0 N–H and O–H groups in total. The zero-order valence-electron chi connectivity index (χ0n) is 14.1. The molecule has 0 radical (unpaired) electrons. The van der Waals surface area contributed by atoms with E-state index in [1.165, 1.54) is 11.0 Å². The summed E-state index contributed by atoms with van der Waals surface area (Å²) in [6.07, 6.45) is 0.0423. The van der Waals surface area contributed by atoms with Crippen LogP contribution in [-0.2, 0) is 11.3 Å². The molecule has 0 aliphatic heterocycles. The highest BCUT2D eigenvalue weighted by Gasteiger charge is 2.25. The van der Waals surface area contributed by atoms with Crippen molar-refractivity contribution in [1.29, 1.82) is 0 Å². The number of halogens is 2. The van der Waals surface area contributed by atoms with Crippen molar-refractivity contribution in [3.63, 3.8) is 0 Å². The van der Waals surface area contributed by atoms with Gasteiger partial charge < -0.3 is 4.74 Å². The van der Waals surface area contributed by atoms with E-state index in [1.807, 2.05) is 0 Å². The molecule has 0 saturated heterocycles. The normalized spacial score (nSPS) is 11.1. The van der Waals surface area contributed by atoms with Crippen LogP contribution in [0.2, 0.25) is 10.2 Å². The molecule has 2 aromatic rings. The summed E-state index contributed by atoms with van der Waals surface area (Å²) in [5.74, 6) is 0.291. The van der Waals surface area contributed by atoms with Gasteiger partial charge in [0, 0.05) is 5.02 Å². The van der Waals surface area contributed by atoms with Crippen LogP contribution in [0.1, 0.15) is 36.7 Å². The molecule has 0 aliphatic rings. The molecule has 5 nitrogen and oxygen atoms in total. The molecule has 0 fully saturated rings. The Morgan fingerprint density at radius 1 is 1.16 bits per heavy atom. The van der Waals surface area contributed by atoms with Crippen LogP contribution in [0, 0.1) is 0 Å². The molecule has 0 bridgehead atoms. The first-order valence-corrected chi connectivity index (χ1v) is 8.32. The van der Waals surface area contributed by atoms with E-state index >= 15 is 0 Å². The number of anilines is 1.